The summed E-state index contributed by atoms with van der Waals surface area (Å²) in [5.74, 6) is 1.29. The van der Waals surface area contributed by atoms with E-state index in [0.29, 0.717) is 31.6 Å². The third-order valence-corrected chi connectivity index (χ3v) is 5.34. The summed E-state index contributed by atoms with van der Waals surface area (Å²) in [6.07, 6.45) is 3.00. The highest BCUT2D eigenvalue weighted by molar-refractivity contribution is 5.80. The minimum Gasteiger partial charge on any atom is -0.368 e. The predicted octanol–water partition coefficient (Wildman–Crippen LogP) is 0.684. The Hall–Kier alpha value is -1.93. The van der Waals surface area contributed by atoms with Crippen molar-refractivity contribution in [1.29, 1.82) is 0 Å². The van der Waals surface area contributed by atoms with Crippen LogP contribution in [0.1, 0.15) is 31.9 Å². The van der Waals surface area contributed by atoms with Crippen LogP contribution in [0.3, 0.4) is 0 Å². The molecule has 1 N–H and O–H groups in total. The molecule has 0 bridgehead atoms. The number of rotatable bonds is 8. The maximum Gasteiger partial charge on any atom is 0.252 e. The molecule has 2 atom stereocenters. The molecule has 2 aliphatic rings. The lowest BCUT2D eigenvalue weighted by Gasteiger charge is -2.25. The number of carbonyl (C=O) groups excluding carboxylic acids is 1. The van der Waals surface area contributed by atoms with Gasteiger partial charge in [0.15, 0.2) is 0 Å². The summed E-state index contributed by atoms with van der Waals surface area (Å²) in [5.41, 5.74) is 0.581. The van der Waals surface area contributed by atoms with Crippen molar-refractivity contribution < 1.29 is 9.53 Å². The number of hydrogen-bond donors (Lipinski definition) is 1. The summed E-state index contributed by atoms with van der Waals surface area (Å²) < 4.78 is 5.72. The number of nitrogens with zero attached hydrogens (tertiary/aromatic N) is 4. The first kappa shape index (κ1) is 19.8. The number of ether oxygens (including phenoxy) is 1. The Bertz CT molecular complexity index is 716. The second kappa shape index (κ2) is 8.39. The molecular weight excluding hydrogens is 346 g/mol. The lowest BCUT2D eigenvalue weighted by Crippen LogP contribution is -2.41. The van der Waals surface area contributed by atoms with Crippen molar-refractivity contribution in [3.05, 3.63) is 22.1 Å². The molecular formula is C19H31N5O3. The van der Waals surface area contributed by atoms with E-state index in [1.54, 1.807) is 4.90 Å². The molecule has 2 fully saturated rings. The molecule has 1 aromatic heterocycles. The van der Waals surface area contributed by atoms with Crippen molar-refractivity contribution in [3.8, 4) is 0 Å². The summed E-state index contributed by atoms with van der Waals surface area (Å²) in [4.78, 5) is 37.5. The maximum atomic E-state index is 12.6. The van der Waals surface area contributed by atoms with Crippen molar-refractivity contribution in [3.63, 3.8) is 0 Å². The van der Waals surface area contributed by atoms with Gasteiger partial charge in [0.25, 0.3) is 11.5 Å². The molecule has 1 aliphatic carbocycles. The second-order valence-corrected chi connectivity index (χ2v) is 8.02. The minimum atomic E-state index is -0.369. The van der Waals surface area contributed by atoms with E-state index in [-0.39, 0.29) is 23.6 Å². The average molecular weight is 377 g/mol. The highest BCUT2D eigenvalue weighted by Crippen LogP contribution is 2.29. The zero-order valence-electron chi connectivity index (χ0n) is 16.8. The van der Waals surface area contributed by atoms with Gasteiger partial charge in [-0.3, -0.25) is 19.5 Å². The van der Waals surface area contributed by atoms with Gasteiger partial charge < -0.3 is 14.5 Å². The fourth-order valence-corrected chi connectivity index (χ4v) is 3.37. The number of hydrogen-bond acceptors (Lipinski definition) is 6. The van der Waals surface area contributed by atoms with Gasteiger partial charge in [0, 0.05) is 45.8 Å². The van der Waals surface area contributed by atoms with Gasteiger partial charge in [-0.15, -0.1) is 0 Å². The van der Waals surface area contributed by atoms with E-state index in [2.05, 4.69) is 14.9 Å². The van der Waals surface area contributed by atoms with Gasteiger partial charge in [-0.25, -0.2) is 4.98 Å². The van der Waals surface area contributed by atoms with Crippen molar-refractivity contribution in [2.75, 3.05) is 45.7 Å². The van der Waals surface area contributed by atoms with Crippen molar-refractivity contribution in [2.45, 2.75) is 44.9 Å². The topological polar surface area (TPSA) is 81.8 Å². The molecule has 0 radical (unpaired) electrons. The van der Waals surface area contributed by atoms with E-state index in [1.165, 1.54) is 18.9 Å². The van der Waals surface area contributed by atoms with E-state index in [9.17, 15) is 9.59 Å². The smallest absolute Gasteiger partial charge is 0.252 e. The first-order valence-corrected chi connectivity index (χ1v) is 9.71. The summed E-state index contributed by atoms with van der Waals surface area (Å²) in [6.45, 7) is 4.56. The summed E-state index contributed by atoms with van der Waals surface area (Å²) in [5, 5.41) is 0. The van der Waals surface area contributed by atoms with Crippen LogP contribution in [0.5, 0.6) is 0 Å². The normalized spacial score (nSPS) is 20.9. The molecule has 8 heteroatoms. The molecule has 150 valence electrons. The summed E-state index contributed by atoms with van der Waals surface area (Å²) in [7, 11) is 5.71. The van der Waals surface area contributed by atoms with Gasteiger partial charge in [-0.2, -0.15) is 0 Å². The van der Waals surface area contributed by atoms with Gasteiger partial charge in [-0.05, 0) is 39.2 Å². The number of likely N-dealkylation sites (tertiary alicyclic amines) is 1. The Morgan fingerprint density at radius 1 is 1.37 bits per heavy atom. The van der Waals surface area contributed by atoms with E-state index >= 15 is 0 Å². The SMILES string of the molecule is C[C@H](OCC1CC1)C(=O)N1CC[C@@H](N(C)Cc2cc(=O)[nH]c(N(C)C)n2)C1. The number of nitrogens with one attached hydrogen (secondary N) is 1. The Kier molecular flexibility index (Phi) is 6.16. The molecule has 1 amide bonds. The van der Waals surface area contributed by atoms with Gasteiger partial charge in [0.2, 0.25) is 5.95 Å². The molecule has 1 aromatic rings. The van der Waals surface area contributed by atoms with E-state index in [1.807, 2.05) is 33.0 Å². The number of aromatic nitrogens is 2. The van der Waals surface area contributed by atoms with Gasteiger partial charge >= 0.3 is 0 Å². The van der Waals surface area contributed by atoms with Crippen LogP contribution in [0.4, 0.5) is 5.95 Å². The molecule has 1 saturated heterocycles. The second-order valence-electron chi connectivity index (χ2n) is 8.02. The lowest BCUT2D eigenvalue weighted by molar-refractivity contribution is -0.142. The highest BCUT2D eigenvalue weighted by Gasteiger charge is 2.32. The molecule has 0 spiro atoms. The first-order valence-electron chi connectivity index (χ1n) is 9.71. The third-order valence-electron chi connectivity index (χ3n) is 5.34. The minimum absolute atomic E-state index is 0.0794. The van der Waals surface area contributed by atoms with Crippen molar-refractivity contribution in [1.82, 2.24) is 19.8 Å². The predicted molar refractivity (Wildman–Crippen MR) is 104 cm³/mol. The van der Waals surface area contributed by atoms with Crippen molar-refractivity contribution in [2.24, 2.45) is 5.92 Å². The van der Waals surface area contributed by atoms with Crippen LogP contribution in [0.2, 0.25) is 0 Å². The molecule has 0 aromatic carbocycles. The molecule has 8 nitrogen and oxygen atoms in total. The van der Waals surface area contributed by atoms with Crippen LogP contribution in [0.15, 0.2) is 10.9 Å². The van der Waals surface area contributed by atoms with Crippen LogP contribution in [-0.2, 0) is 16.1 Å². The van der Waals surface area contributed by atoms with Crippen molar-refractivity contribution >= 4 is 11.9 Å². The fraction of sp³-hybridized carbons (Fsp3) is 0.737. The molecule has 2 heterocycles. The van der Waals surface area contributed by atoms with E-state index in [0.717, 1.165) is 18.7 Å². The largest absolute Gasteiger partial charge is 0.368 e. The number of carbonyl (C=O) groups is 1. The zero-order chi connectivity index (χ0) is 19.6. The number of H-pyrrole nitrogens is 1. The van der Waals surface area contributed by atoms with Crippen LogP contribution >= 0.6 is 0 Å². The van der Waals surface area contributed by atoms with Gasteiger partial charge in [0.05, 0.1) is 12.3 Å². The van der Waals surface area contributed by atoms with E-state index in [4.69, 9.17) is 4.74 Å². The average Bonchev–Trinajstić information content (AvgIpc) is 3.32. The summed E-state index contributed by atoms with van der Waals surface area (Å²) in [6, 6.07) is 1.79. The maximum absolute atomic E-state index is 12.6. The Morgan fingerprint density at radius 3 is 2.78 bits per heavy atom. The Balaban J connectivity index is 1.53. The number of anilines is 1. The summed E-state index contributed by atoms with van der Waals surface area (Å²) >= 11 is 0. The third kappa shape index (κ3) is 5.29. The standard InChI is InChI=1S/C19H31N5O3/c1-13(27-12-14-5-6-14)18(26)24-8-7-16(11-24)23(4)10-15-9-17(25)21-19(20-15)22(2)3/h9,13-14,16H,5-8,10-12H2,1-4H3,(H,20,21,25)/t13-,16+/m0/s1. The Morgan fingerprint density at radius 2 is 2.11 bits per heavy atom. The molecule has 0 unspecified atom stereocenters. The molecule has 1 saturated carbocycles. The number of likely N-dealkylation sites (N-methyl/N-ethyl adjacent to an activating group) is 1. The van der Waals surface area contributed by atoms with Crippen LogP contribution < -0.4 is 10.5 Å². The van der Waals surface area contributed by atoms with E-state index < -0.39 is 0 Å². The Labute approximate surface area is 160 Å². The zero-order valence-corrected chi connectivity index (χ0v) is 16.8. The van der Waals surface area contributed by atoms with Crippen LogP contribution in [0.25, 0.3) is 0 Å². The lowest BCUT2D eigenvalue weighted by atomic mass is 10.2. The fourth-order valence-electron chi connectivity index (χ4n) is 3.37. The first-order chi connectivity index (χ1) is 12.8. The monoisotopic (exact) mass is 377 g/mol. The quantitative estimate of drug-likeness (QED) is 0.718. The van der Waals surface area contributed by atoms with Gasteiger partial charge in [-0.1, -0.05) is 0 Å². The number of aromatic amines is 1. The van der Waals surface area contributed by atoms with Gasteiger partial charge in [0.1, 0.15) is 6.10 Å². The molecule has 27 heavy (non-hydrogen) atoms. The van der Waals surface area contributed by atoms with Crippen LogP contribution in [-0.4, -0.2) is 78.7 Å². The van der Waals surface area contributed by atoms with Crippen LogP contribution in [0, 0.1) is 5.92 Å². The molecule has 3 rings (SSSR count). The highest BCUT2D eigenvalue weighted by atomic mass is 16.5. The number of amides is 1. The molecule has 1 aliphatic heterocycles.